The van der Waals surface area contributed by atoms with Crippen molar-refractivity contribution in [3.05, 3.63) is 0 Å². The Hall–Kier alpha value is -0.150. The highest BCUT2D eigenvalue weighted by Crippen LogP contribution is 2.23. The van der Waals surface area contributed by atoms with Crippen molar-refractivity contribution in [1.82, 2.24) is 5.32 Å². The van der Waals surface area contributed by atoms with Crippen molar-refractivity contribution in [3.63, 3.8) is 0 Å². The van der Waals surface area contributed by atoms with E-state index in [1.807, 2.05) is 7.05 Å². The van der Waals surface area contributed by atoms with Crippen LogP contribution >= 0.6 is 0 Å². The summed E-state index contributed by atoms with van der Waals surface area (Å²) in [6.45, 7) is 0. The molecular weight excluding hydrogens is 145 g/mol. The molecule has 0 aromatic heterocycles. The van der Waals surface area contributed by atoms with Gasteiger partial charge in [-0.05, 0) is 19.9 Å². The Labute approximate surface area is 67.1 Å². The van der Waals surface area contributed by atoms with Crippen molar-refractivity contribution in [1.29, 1.82) is 0 Å². The van der Waals surface area contributed by atoms with Crippen LogP contribution in [0.2, 0.25) is 0 Å². The van der Waals surface area contributed by atoms with Gasteiger partial charge >= 0.3 is 0 Å². The molecule has 1 N–H and O–H groups in total. The summed E-state index contributed by atoms with van der Waals surface area (Å²) < 4.78 is 18.2. The fourth-order valence-electron chi connectivity index (χ4n) is 1.62. The molecule has 0 bridgehead atoms. The summed E-state index contributed by atoms with van der Waals surface area (Å²) >= 11 is 0. The molecule has 1 fully saturated rings. The zero-order chi connectivity index (χ0) is 8.27. The van der Waals surface area contributed by atoms with E-state index in [-0.39, 0.29) is 12.1 Å². The lowest BCUT2D eigenvalue weighted by Crippen LogP contribution is -2.42. The molecule has 0 aliphatic heterocycles. The van der Waals surface area contributed by atoms with E-state index in [0.29, 0.717) is 6.42 Å². The molecule has 0 spiro atoms. The molecule has 0 aromatic rings. The van der Waals surface area contributed by atoms with Crippen LogP contribution in [0.15, 0.2) is 0 Å². The summed E-state index contributed by atoms with van der Waals surface area (Å²) in [4.78, 5) is 0. The maximum atomic E-state index is 13.1. The van der Waals surface area contributed by atoms with Gasteiger partial charge in [-0.2, -0.15) is 0 Å². The van der Waals surface area contributed by atoms with Crippen molar-refractivity contribution >= 4 is 0 Å². The third-order valence-electron chi connectivity index (χ3n) is 2.43. The first kappa shape index (κ1) is 8.94. The number of nitrogens with one attached hydrogen (secondary N) is 1. The average molecular weight is 161 g/mol. The maximum Gasteiger partial charge on any atom is 0.118 e. The Morgan fingerprint density at radius 1 is 1.45 bits per heavy atom. The first-order valence-electron chi connectivity index (χ1n) is 4.12. The number of halogens is 1. The van der Waals surface area contributed by atoms with Gasteiger partial charge in [0.2, 0.25) is 0 Å². The van der Waals surface area contributed by atoms with Gasteiger partial charge in [-0.25, -0.2) is 4.39 Å². The lowest BCUT2D eigenvalue weighted by Gasteiger charge is -2.30. The summed E-state index contributed by atoms with van der Waals surface area (Å²) in [5.41, 5.74) is 0. The Balaban J connectivity index is 2.34. The summed E-state index contributed by atoms with van der Waals surface area (Å²) in [5, 5.41) is 2.97. The van der Waals surface area contributed by atoms with Gasteiger partial charge in [0.05, 0.1) is 6.10 Å². The molecule has 1 aliphatic rings. The third-order valence-corrected chi connectivity index (χ3v) is 2.43. The fourth-order valence-corrected chi connectivity index (χ4v) is 1.62. The van der Waals surface area contributed by atoms with E-state index in [0.717, 1.165) is 12.8 Å². The molecule has 0 aromatic carbocycles. The van der Waals surface area contributed by atoms with Crippen LogP contribution in [0.1, 0.15) is 19.3 Å². The van der Waals surface area contributed by atoms with E-state index in [2.05, 4.69) is 5.32 Å². The van der Waals surface area contributed by atoms with Crippen LogP contribution in [-0.2, 0) is 4.74 Å². The predicted molar refractivity (Wildman–Crippen MR) is 42.4 cm³/mol. The monoisotopic (exact) mass is 161 g/mol. The van der Waals surface area contributed by atoms with Gasteiger partial charge in [0, 0.05) is 19.6 Å². The van der Waals surface area contributed by atoms with E-state index >= 15 is 0 Å². The minimum absolute atomic E-state index is 0.0430. The Morgan fingerprint density at radius 3 is 2.64 bits per heavy atom. The second-order valence-electron chi connectivity index (χ2n) is 3.08. The van der Waals surface area contributed by atoms with Crippen molar-refractivity contribution in [3.8, 4) is 0 Å². The van der Waals surface area contributed by atoms with Crippen molar-refractivity contribution in [2.45, 2.75) is 37.6 Å². The average Bonchev–Trinajstić information content (AvgIpc) is 2.04. The molecule has 0 radical (unpaired) electrons. The third kappa shape index (κ3) is 2.14. The van der Waals surface area contributed by atoms with E-state index in [1.165, 1.54) is 0 Å². The molecule has 3 unspecified atom stereocenters. The van der Waals surface area contributed by atoms with Crippen molar-refractivity contribution in [2.24, 2.45) is 0 Å². The van der Waals surface area contributed by atoms with Gasteiger partial charge in [-0.15, -0.1) is 0 Å². The van der Waals surface area contributed by atoms with Gasteiger partial charge < -0.3 is 10.1 Å². The first-order valence-corrected chi connectivity index (χ1v) is 4.12. The SMILES string of the molecule is CNC1CCC(OC)CC1F. The minimum atomic E-state index is -0.737. The molecular formula is C8H16FNO. The zero-order valence-corrected chi connectivity index (χ0v) is 7.14. The second-order valence-corrected chi connectivity index (χ2v) is 3.08. The minimum Gasteiger partial charge on any atom is -0.381 e. The fraction of sp³-hybridized carbons (Fsp3) is 1.00. The molecule has 3 heteroatoms. The van der Waals surface area contributed by atoms with Gasteiger partial charge in [0.15, 0.2) is 0 Å². The molecule has 1 saturated carbocycles. The summed E-state index contributed by atoms with van der Waals surface area (Å²) in [7, 11) is 3.46. The van der Waals surface area contributed by atoms with Crippen LogP contribution in [0.5, 0.6) is 0 Å². The molecule has 0 heterocycles. The highest BCUT2D eigenvalue weighted by Gasteiger charge is 2.28. The molecule has 0 amide bonds. The number of alkyl halides is 1. The van der Waals surface area contributed by atoms with Crippen LogP contribution in [-0.4, -0.2) is 32.5 Å². The van der Waals surface area contributed by atoms with E-state index in [4.69, 9.17) is 4.74 Å². The Morgan fingerprint density at radius 2 is 2.18 bits per heavy atom. The molecule has 1 rings (SSSR count). The predicted octanol–water partition coefficient (Wildman–Crippen LogP) is 1.11. The standard InChI is InChI=1S/C8H16FNO/c1-10-8-4-3-6(11-2)5-7(8)9/h6-8,10H,3-5H2,1-2H3. The Bertz CT molecular complexity index is 121. The first-order chi connectivity index (χ1) is 5.27. The molecule has 3 atom stereocenters. The largest absolute Gasteiger partial charge is 0.381 e. The lowest BCUT2D eigenvalue weighted by molar-refractivity contribution is 0.0274. The van der Waals surface area contributed by atoms with Gasteiger partial charge in [-0.1, -0.05) is 0 Å². The molecule has 11 heavy (non-hydrogen) atoms. The van der Waals surface area contributed by atoms with Crippen molar-refractivity contribution in [2.75, 3.05) is 14.2 Å². The number of rotatable bonds is 2. The highest BCUT2D eigenvalue weighted by atomic mass is 19.1. The number of ether oxygens (including phenoxy) is 1. The van der Waals surface area contributed by atoms with Crippen LogP contribution in [0, 0.1) is 0 Å². The summed E-state index contributed by atoms with van der Waals surface area (Å²) in [5.74, 6) is 0. The maximum absolute atomic E-state index is 13.1. The molecule has 2 nitrogen and oxygen atoms in total. The highest BCUT2D eigenvalue weighted by molar-refractivity contribution is 4.84. The van der Waals surface area contributed by atoms with Gasteiger partial charge in [-0.3, -0.25) is 0 Å². The Kier molecular flexibility index (Phi) is 3.27. The molecule has 1 aliphatic carbocycles. The van der Waals surface area contributed by atoms with E-state index in [1.54, 1.807) is 7.11 Å². The lowest BCUT2D eigenvalue weighted by atomic mass is 9.91. The molecule has 66 valence electrons. The van der Waals surface area contributed by atoms with Gasteiger partial charge in [0.1, 0.15) is 6.17 Å². The normalized spacial score (nSPS) is 39.0. The van der Waals surface area contributed by atoms with Gasteiger partial charge in [0.25, 0.3) is 0 Å². The zero-order valence-electron chi connectivity index (χ0n) is 7.14. The summed E-state index contributed by atoms with van der Waals surface area (Å²) in [6, 6.07) is 0.0430. The van der Waals surface area contributed by atoms with Crippen LogP contribution in [0.3, 0.4) is 0 Å². The van der Waals surface area contributed by atoms with E-state index in [9.17, 15) is 4.39 Å². The van der Waals surface area contributed by atoms with Crippen LogP contribution in [0.25, 0.3) is 0 Å². The number of methoxy groups -OCH3 is 1. The summed E-state index contributed by atoms with van der Waals surface area (Å²) in [6.07, 6.45) is 1.80. The second kappa shape index (κ2) is 4.02. The molecule has 0 saturated heterocycles. The van der Waals surface area contributed by atoms with Crippen molar-refractivity contribution < 1.29 is 9.13 Å². The van der Waals surface area contributed by atoms with E-state index < -0.39 is 6.17 Å². The van der Waals surface area contributed by atoms with Crippen LogP contribution in [0.4, 0.5) is 4.39 Å². The van der Waals surface area contributed by atoms with Crippen LogP contribution < -0.4 is 5.32 Å². The smallest absolute Gasteiger partial charge is 0.118 e. The number of hydrogen-bond acceptors (Lipinski definition) is 2. The quantitative estimate of drug-likeness (QED) is 0.655. The number of hydrogen-bond donors (Lipinski definition) is 1. The topological polar surface area (TPSA) is 21.3 Å².